The summed E-state index contributed by atoms with van der Waals surface area (Å²) in [4.78, 5) is 54.1. The molecule has 0 radical (unpaired) electrons. The number of benzene rings is 5. The molecule has 12 heteroatoms. The maximum Gasteiger partial charge on any atom is 0.450 e. The van der Waals surface area contributed by atoms with Crippen molar-refractivity contribution < 1.29 is 46.2 Å². The molecule has 1 aromatic heterocycles. The first kappa shape index (κ1) is 29.9. The van der Waals surface area contributed by atoms with Gasteiger partial charge in [-0.1, -0.05) is 48.5 Å². The van der Waals surface area contributed by atoms with Gasteiger partial charge in [0.25, 0.3) is 11.8 Å². The summed E-state index contributed by atoms with van der Waals surface area (Å²) in [6, 6.07) is 23.8. The normalized spacial score (nSPS) is 13.7. The van der Waals surface area contributed by atoms with Crippen LogP contribution in [0.25, 0.3) is 32.9 Å². The summed E-state index contributed by atoms with van der Waals surface area (Å²) < 4.78 is 64.5. The van der Waals surface area contributed by atoms with Gasteiger partial charge < -0.3 is 18.6 Å². The summed E-state index contributed by atoms with van der Waals surface area (Å²) >= 11 is 0. The van der Waals surface area contributed by atoms with E-state index in [1.54, 1.807) is 54.6 Å². The average Bonchev–Trinajstić information content (AvgIpc) is 3.65. The van der Waals surface area contributed by atoms with Gasteiger partial charge in [-0.3, -0.25) is 19.3 Å². The lowest BCUT2D eigenvalue weighted by Gasteiger charge is -2.14. The van der Waals surface area contributed by atoms with E-state index in [0.29, 0.717) is 27.8 Å². The van der Waals surface area contributed by atoms with Gasteiger partial charge in [-0.2, -0.15) is 13.2 Å². The molecule has 2 amide bonds. The Labute approximate surface area is 273 Å². The van der Waals surface area contributed by atoms with Crippen LogP contribution >= 0.6 is 0 Å². The molecule has 49 heavy (non-hydrogen) atoms. The van der Waals surface area contributed by atoms with E-state index in [4.69, 9.17) is 18.6 Å². The fourth-order valence-corrected chi connectivity index (χ4v) is 6.07. The van der Waals surface area contributed by atoms with Gasteiger partial charge in [0.1, 0.15) is 11.3 Å². The summed E-state index contributed by atoms with van der Waals surface area (Å²) in [5, 5.41) is 0.933. The molecule has 2 aliphatic heterocycles. The standard InChI is InChI=1S/C37H20F3NO8/c38-37(39,40)33-31(24-7-3-5-20-4-1-2-6-23(20)24)32(42)26-12-10-22(16-29(26)49-33)48-36(45)21-9-11-25-27(15-21)35(44)41(34(25)43)17-19-8-13-28-30(14-19)47-18-46-28/h1-16H,17-18H2. The van der Waals surface area contributed by atoms with Crippen LogP contribution in [0.2, 0.25) is 0 Å². The van der Waals surface area contributed by atoms with Crippen LogP contribution < -0.4 is 19.6 Å². The minimum absolute atomic E-state index is 0.0134. The molecule has 6 aromatic rings. The van der Waals surface area contributed by atoms with Gasteiger partial charge in [0.15, 0.2) is 11.5 Å². The molecule has 0 unspecified atom stereocenters. The molecule has 0 fully saturated rings. The quantitative estimate of drug-likeness (QED) is 0.107. The summed E-state index contributed by atoms with van der Waals surface area (Å²) in [5.41, 5.74) is -1.30. The summed E-state index contributed by atoms with van der Waals surface area (Å²) in [5.74, 6) is -2.79. The molecular weight excluding hydrogens is 643 g/mol. The zero-order valence-corrected chi connectivity index (χ0v) is 25.0. The van der Waals surface area contributed by atoms with E-state index < -0.39 is 46.3 Å². The Hall–Kier alpha value is -6.43. The molecule has 0 atom stereocenters. The number of esters is 1. The molecular formula is C37H20F3NO8. The number of ether oxygens (including phenoxy) is 3. The third-order valence-electron chi connectivity index (χ3n) is 8.37. The zero-order chi connectivity index (χ0) is 34.0. The number of imide groups is 1. The lowest BCUT2D eigenvalue weighted by molar-refractivity contribution is -0.152. The van der Waals surface area contributed by atoms with Crippen molar-refractivity contribution in [3.05, 3.63) is 135 Å². The minimum atomic E-state index is -5.03. The van der Waals surface area contributed by atoms with Crippen molar-refractivity contribution in [2.24, 2.45) is 0 Å². The number of halogens is 3. The molecule has 5 aromatic carbocycles. The van der Waals surface area contributed by atoms with Crippen molar-refractivity contribution in [2.45, 2.75) is 12.7 Å². The summed E-state index contributed by atoms with van der Waals surface area (Å²) in [7, 11) is 0. The highest BCUT2D eigenvalue weighted by molar-refractivity contribution is 6.22. The van der Waals surface area contributed by atoms with Crippen LogP contribution in [0.4, 0.5) is 13.2 Å². The molecule has 9 nitrogen and oxygen atoms in total. The first-order chi connectivity index (χ1) is 23.6. The van der Waals surface area contributed by atoms with E-state index in [-0.39, 0.29) is 46.7 Å². The van der Waals surface area contributed by atoms with E-state index in [2.05, 4.69) is 0 Å². The van der Waals surface area contributed by atoms with Crippen LogP contribution in [-0.2, 0) is 12.7 Å². The van der Waals surface area contributed by atoms with Crippen molar-refractivity contribution in [3.63, 3.8) is 0 Å². The van der Waals surface area contributed by atoms with E-state index >= 15 is 0 Å². The Kier molecular flexibility index (Phi) is 6.77. The predicted octanol–water partition coefficient (Wildman–Crippen LogP) is 7.38. The highest BCUT2D eigenvalue weighted by Gasteiger charge is 2.40. The average molecular weight is 664 g/mol. The van der Waals surface area contributed by atoms with Gasteiger partial charge in [-0.05, 0) is 64.4 Å². The Morgan fingerprint density at radius 1 is 0.755 bits per heavy atom. The lowest BCUT2D eigenvalue weighted by atomic mass is 9.96. The van der Waals surface area contributed by atoms with Crippen LogP contribution in [0.15, 0.2) is 106 Å². The van der Waals surface area contributed by atoms with E-state index in [1.807, 2.05) is 0 Å². The van der Waals surface area contributed by atoms with Crippen LogP contribution in [0.3, 0.4) is 0 Å². The molecule has 8 rings (SSSR count). The van der Waals surface area contributed by atoms with Gasteiger partial charge in [0, 0.05) is 6.07 Å². The van der Waals surface area contributed by atoms with Crippen molar-refractivity contribution in [1.82, 2.24) is 4.90 Å². The Bertz CT molecular complexity index is 2460. The number of nitrogens with zero attached hydrogens (tertiary/aromatic N) is 1. The number of alkyl halides is 3. The molecule has 0 spiro atoms. The fourth-order valence-electron chi connectivity index (χ4n) is 6.07. The van der Waals surface area contributed by atoms with Crippen LogP contribution in [-0.4, -0.2) is 29.5 Å². The van der Waals surface area contributed by atoms with E-state index in [9.17, 15) is 32.3 Å². The monoisotopic (exact) mass is 663 g/mol. The Morgan fingerprint density at radius 3 is 2.37 bits per heavy atom. The molecule has 0 saturated carbocycles. The molecule has 242 valence electrons. The number of amides is 2. The van der Waals surface area contributed by atoms with Gasteiger partial charge in [0.05, 0.1) is 34.2 Å². The van der Waals surface area contributed by atoms with Gasteiger partial charge >= 0.3 is 12.1 Å². The zero-order valence-electron chi connectivity index (χ0n) is 25.0. The maximum absolute atomic E-state index is 14.4. The minimum Gasteiger partial charge on any atom is -0.454 e. The summed E-state index contributed by atoms with van der Waals surface area (Å²) in [6.45, 7) is 0.0208. The number of carbonyl (C=O) groups excluding carboxylic acids is 3. The van der Waals surface area contributed by atoms with Crippen molar-refractivity contribution >= 4 is 39.5 Å². The SMILES string of the molecule is O=C(Oc1ccc2c(=O)c(-c3cccc4ccccc34)c(C(F)(F)F)oc2c1)c1ccc2c(c1)C(=O)N(Cc1ccc3c(c1)OCO3)C2=O. The van der Waals surface area contributed by atoms with Crippen LogP contribution in [0, 0.1) is 0 Å². The van der Waals surface area contributed by atoms with E-state index in [0.717, 1.165) is 11.0 Å². The number of rotatable bonds is 5. The number of fused-ring (bicyclic) bond motifs is 4. The largest absolute Gasteiger partial charge is 0.454 e. The van der Waals surface area contributed by atoms with Gasteiger partial charge in [-0.15, -0.1) is 0 Å². The number of carbonyl (C=O) groups is 3. The third-order valence-corrected chi connectivity index (χ3v) is 8.37. The molecule has 0 saturated heterocycles. The Balaban J connectivity index is 1.09. The highest BCUT2D eigenvalue weighted by atomic mass is 19.4. The Morgan fingerprint density at radius 2 is 1.53 bits per heavy atom. The lowest BCUT2D eigenvalue weighted by Crippen LogP contribution is -2.29. The van der Waals surface area contributed by atoms with Gasteiger partial charge in [-0.25, -0.2) is 4.79 Å². The first-order valence-electron chi connectivity index (χ1n) is 14.8. The molecule has 0 aliphatic carbocycles. The molecule has 0 N–H and O–H groups in total. The van der Waals surface area contributed by atoms with Crippen LogP contribution in [0.1, 0.15) is 42.4 Å². The molecule has 2 aliphatic rings. The second-order valence-corrected chi connectivity index (χ2v) is 11.4. The molecule has 0 bridgehead atoms. The second-order valence-electron chi connectivity index (χ2n) is 11.4. The number of hydrogen-bond donors (Lipinski definition) is 0. The topological polar surface area (TPSA) is 112 Å². The van der Waals surface area contributed by atoms with E-state index in [1.165, 1.54) is 36.4 Å². The fraction of sp³-hybridized carbons (Fsp3) is 0.0811. The van der Waals surface area contributed by atoms with Gasteiger partial charge in [0.2, 0.25) is 18.0 Å². The third kappa shape index (κ3) is 5.05. The maximum atomic E-state index is 14.4. The summed E-state index contributed by atoms with van der Waals surface area (Å²) in [6.07, 6.45) is -5.03. The van der Waals surface area contributed by atoms with Crippen molar-refractivity contribution in [1.29, 1.82) is 0 Å². The van der Waals surface area contributed by atoms with Crippen LogP contribution in [0.5, 0.6) is 17.2 Å². The second kappa shape index (κ2) is 11.1. The smallest absolute Gasteiger partial charge is 0.450 e. The van der Waals surface area contributed by atoms with Crippen molar-refractivity contribution in [2.75, 3.05) is 6.79 Å². The molecule has 3 heterocycles. The number of hydrogen-bond acceptors (Lipinski definition) is 8. The van der Waals surface area contributed by atoms with Crippen molar-refractivity contribution in [3.8, 4) is 28.4 Å². The first-order valence-corrected chi connectivity index (χ1v) is 14.8. The predicted molar refractivity (Wildman–Crippen MR) is 169 cm³/mol. The highest BCUT2D eigenvalue weighted by Crippen LogP contribution is 2.40.